The van der Waals surface area contributed by atoms with Gasteiger partial charge in [-0.2, -0.15) is 11.8 Å². The van der Waals surface area contributed by atoms with E-state index in [1.807, 2.05) is 0 Å². The largest absolute Gasteiger partial charge is 0.295 e. The van der Waals surface area contributed by atoms with E-state index in [4.69, 9.17) is 0 Å². The van der Waals surface area contributed by atoms with Crippen molar-refractivity contribution in [3.8, 4) is 0 Å². The van der Waals surface area contributed by atoms with Crippen LogP contribution in [0.4, 0.5) is 0 Å². The molecule has 0 aromatic heterocycles. The van der Waals surface area contributed by atoms with Crippen molar-refractivity contribution in [2.45, 2.75) is 44.3 Å². The van der Waals surface area contributed by atoms with Crippen molar-refractivity contribution in [2.24, 2.45) is 0 Å². The van der Waals surface area contributed by atoms with Gasteiger partial charge in [0.2, 0.25) is 0 Å². The first-order chi connectivity index (χ1) is 6.24. The number of hydrogen-bond donors (Lipinski definition) is 0. The van der Waals surface area contributed by atoms with E-state index in [0.29, 0.717) is 17.5 Å². The van der Waals surface area contributed by atoms with Crippen molar-refractivity contribution >= 4 is 17.5 Å². The minimum absolute atomic E-state index is 0.376. The Labute approximate surface area is 85.0 Å². The molecule has 0 N–H and O–H groups in total. The molecule has 0 fully saturated rings. The second-order valence-corrected chi connectivity index (χ2v) is 4.92. The Morgan fingerprint density at radius 3 is 2.92 bits per heavy atom. The summed E-state index contributed by atoms with van der Waals surface area (Å²) in [7, 11) is 0. The van der Waals surface area contributed by atoms with Gasteiger partial charge in [0.25, 0.3) is 0 Å². The minimum atomic E-state index is 0.376. The molecule has 0 saturated heterocycles. The van der Waals surface area contributed by atoms with Crippen LogP contribution < -0.4 is 0 Å². The fourth-order valence-electron chi connectivity index (χ4n) is 1.57. The number of ketones is 1. The number of thioether (sulfide) groups is 1. The zero-order valence-electron chi connectivity index (χ0n) is 8.51. The first-order valence-electron chi connectivity index (χ1n) is 4.99. The number of Topliss-reactive ketones (excluding diaryl/α,β-unsaturated/α-hetero) is 1. The summed E-state index contributed by atoms with van der Waals surface area (Å²) in [6.45, 7) is 2.12. The minimum Gasteiger partial charge on any atom is -0.295 e. The number of hydrogen-bond acceptors (Lipinski definition) is 2. The van der Waals surface area contributed by atoms with E-state index in [-0.39, 0.29) is 0 Å². The Kier molecular flexibility index (Phi) is 4.57. The fraction of sp³-hybridized carbons (Fsp3) is 0.727. The highest BCUT2D eigenvalue weighted by Gasteiger charge is 2.14. The van der Waals surface area contributed by atoms with Gasteiger partial charge >= 0.3 is 0 Å². The Morgan fingerprint density at radius 2 is 2.38 bits per heavy atom. The Hall–Kier alpha value is -0.240. The third-order valence-electron chi connectivity index (χ3n) is 2.52. The zero-order chi connectivity index (χ0) is 9.68. The first kappa shape index (κ1) is 10.8. The molecular weight excluding hydrogens is 180 g/mol. The molecule has 0 spiro atoms. The lowest BCUT2D eigenvalue weighted by atomic mass is 9.94. The quantitative estimate of drug-likeness (QED) is 0.690. The molecule has 0 heterocycles. The van der Waals surface area contributed by atoms with Gasteiger partial charge in [-0.3, -0.25) is 4.79 Å². The number of carbonyl (C=O) groups excluding carboxylic acids is 1. The van der Waals surface area contributed by atoms with Gasteiger partial charge in [-0.25, -0.2) is 0 Å². The van der Waals surface area contributed by atoms with Crippen LogP contribution in [0, 0.1) is 0 Å². The lowest BCUT2D eigenvalue weighted by molar-refractivity contribution is -0.115. The lowest BCUT2D eigenvalue weighted by Crippen LogP contribution is -2.11. The van der Waals surface area contributed by atoms with Crippen LogP contribution in [-0.2, 0) is 4.79 Å². The maximum atomic E-state index is 11.7. The third-order valence-corrected chi connectivity index (χ3v) is 3.50. The highest BCUT2D eigenvalue weighted by atomic mass is 32.2. The van der Waals surface area contributed by atoms with E-state index in [9.17, 15) is 4.79 Å². The molecule has 0 saturated carbocycles. The molecular formula is C11H18OS. The van der Waals surface area contributed by atoms with Crippen LogP contribution in [0.5, 0.6) is 0 Å². The zero-order valence-corrected chi connectivity index (χ0v) is 9.32. The molecule has 1 rings (SSSR count). The molecule has 0 amide bonds. The molecule has 0 bridgehead atoms. The van der Waals surface area contributed by atoms with Gasteiger partial charge in [0, 0.05) is 11.7 Å². The van der Waals surface area contributed by atoms with Crippen LogP contribution in [0.15, 0.2) is 11.6 Å². The van der Waals surface area contributed by atoms with Gasteiger partial charge in [-0.1, -0.05) is 13.0 Å². The summed E-state index contributed by atoms with van der Waals surface area (Å²) in [6, 6.07) is 0. The monoisotopic (exact) mass is 198 g/mol. The van der Waals surface area contributed by atoms with E-state index in [1.54, 1.807) is 11.8 Å². The topological polar surface area (TPSA) is 17.1 Å². The van der Waals surface area contributed by atoms with Gasteiger partial charge < -0.3 is 0 Å². The van der Waals surface area contributed by atoms with Crippen LogP contribution in [0.1, 0.15) is 39.0 Å². The molecule has 2 heteroatoms. The number of rotatable bonds is 4. The summed E-state index contributed by atoms with van der Waals surface area (Å²) in [6.07, 6.45) is 9.49. The van der Waals surface area contributed by atoms with Crippen LogP contribution in [0.3, 0.4) is 0 Å². The van der Waals surface area contributed by atoms with Crippen LogP contribution >= 0.6 is 11.8 Å². The van der Waals surface area contributed by atoms with E-state index in [1.165, 1.54) is 12.8 Å². The van der Waals surface area contributed by atoms with Gasteiger partial charge in [-0.15, -0.1) is 0 Å². The SMILES string of the molecule is CSC(C)CC(=O)C1=CCCCC1. The van der Waals surface area contributed by atoms with Gasteiger partial charge in [0.15, 0.2) is 5.78 Å². The van der Waals surface area contributed by atoms with Crippen molar-refractivity contribution in [1.29, 1.82) is 0 Å². The summed E-state index contributed by atoms with van der Waals surface area (Å²) < 4.78 is 0. The molecule has 1 aliphatic rings. The van der Waals surface area contributed by atoms with E-state index in [2.05, 4.69) is 19.3 Å². The standard InChI is InChI=1S/C11H18OS/c1-9(13-2)8-11(12)10-6-4-3-5-7-10/h6,9H,3-5,7-8H2,1-2H3. The van der Waals surface area contributed by atoms with Gasteiger partial charge in [-0.05, 0) is 37.5 Å². The first-order valence-corrected chi connectivity index (χ1v) is 6.28. The average molecular weight is 198 g/mol. The van der Waals surface area contributed by atoms with E-state index < -0.39 is 0 Å². The Morgan fingerprint density at radius 1 is 1.62 bits per heavy atom. The second kappa shape index (κ2) is 5.48. The summed E-state index contributed by atoms with van der Waals surface area (Å²) >= 11 is 1.77. The predicted octanol–water partition coefficient (Wildman–Crippen LogP) is 3.20. The predicted molar refractivity (Wildman–Crippen MR) is 59.2 cm³/mol. The van der Waals surface area contributed by atoms with Crippen molar-refractivity contribution < 1.29 is 4.79 Å². The number of carbonyl (C=O) groups is 1. The summed E-state index contributed by atoms with van der Waals surface area (Å²) in [5, 5.41) is 0.468. The van der Waals surface area contributed by atoms with E-state index >= 15 is 0 Å². The smallest absolute Gasteiger partial charge is 0.159 e. The maximum absolute atomic E-state index is 11.7. The third kappa shape index (κ3) is 3.55. The molecule has 1 aliphatic carbocycles. The second-order valence-electron chi connectivity index (χ2n) is 3.65. The molecule has 0 aromatic rings. The maximum Gasteiger partial charge on any atom is 0.159 e. The molecule has 0 aliphatic heterocycles. The highest BCUT2D eigenvalue weighted by molar-refractivity contribution is 7.99. The van der Waals surface area contributed by atoms with Crippen molar-refractivity contribution in [3.05, 3.63) is 11.6 Å². The lowest BCUT2D eigenvalue weighted by Gasteiger charge is -2.13. The van der Waals surface area contributed by atoms with Crippen molar-refractivity contribution in [1.82, 2.24) is 0 Å². The fourth-order valence-corrected chi connectivity index (χ4v) is 1.88. The molecule has 1 nitrogen and oxygen atoms in total. The van der Waals surface area contributed by atoms with Crippen LogP contribution in [0.2, 0.25) is 0 Å². The van der Waals surface area contributed by atoms with Crippen LogP contribution in [0.25, 0.3) is 0 Å². The van der Waals surface area contributed by atoms with Crippen LogP contribution in [-0.4, -0.2) is 17.3 Å². The average Bonchev–Trinajstić information content (AvgIpc) is 2.19. The highest BCUT2D eigenvalue weighted by Crippen LogP contribution is 2.21. The molecule has 74 valence electrons. The van der Waals surface area contributed by atoms with Crippen molar-refractivity contribution in [3.63, 3.8) is 0 Å². The van der Waals surface area contributed by atoms with Gasteiger partial charge in [0.1, 0.15) is 0 Å². The molecule has 1 atom stereocenters. The number of allylic oxidation sites excluding steroid dienone is 2. The summed E-state index contributed by atoms with van der Waals surface area (Å²) in [4.78, 5) is 11.7. The van der Waals surface area contributed by atoms with Gasteiger partial charge in [0.05, 0.1) is 0 Å². The molecule has 1 unspecified atom stereocenters. The Bertz CT molecular complexity index is 208. The van der Waals surface area contributed by atoms with Crippen molar-refractivity contribution in [2.75, 3.05) is 6.26 Å². The van der Waals surface area contributed by atoms with E-state index in [0.717, 1.165) is 18.4 Å². The molecule has 13 heavy (non-hydrogen) atoms. The Balaban J connectivity index is 2.42. The molecule has 0 radical (unpaired) electrons. The summed E-state index contributed by atoms with van der Waals surface area (Å²) in [5.74, 6) is 0.376. The summed E-state index contributed by atoms with van der Waals surface area (Å²) in [5.41, 5.74) is 1.09. The normalized spacial score (nSPS) is 19.4. The molecule has 0 aromatic carbocycles.